The normalized spacial score (nSPS) is 10.5. The molecule has 1 amide bonds. The van der Waals surface area contributed by atoms with Gasteiger partial charge in [-0.25, -0.2) is 5.43 Å². The molecule has 0 fully saturated rings. The van der Waals surface area contributed by atoms with Crippen molar-refractivity contribution in [1.82, 2.24) is 5.43 Å². The molecule has 0 heterocycles. The maximum atomic E-state index is 11.6. The average molecular weight is 410 g/mol. The second-order valence-corrected chi connectivity index (χ2v) is 5.55. The van der Waals surface area contributed by atoms with Crippen molar-refractivity contribution in [1.29, 1.82) is 0 Å². The largest absolute Gasteiger partial charge is 0.497 e. The number of nitrogens with one attached hydrogen (secondary N) is 1. The molecule has 6 heteroatoms. The summed E-state index contributed by atoms with van der Waals surface area (Å²) in [5, 5.41) is 3.88. The molecular weight excluding hydrogens is 395 g/mol. The van der Waals surface area contributed by atoms with Gasteiger partial charge in [-0.1, -0.05) is 12.1 Å². The number of hydrazone groups is 1. The van der Waals surface area contributed by atoms with E-state index in [9.17, 15) is 4.79 Å². The Balaban J connectivity index is 1.76. The lowest BCUT2D eigenvalue weighted by Gasteiger charge is -2.05. The first-order valence-corrected chi connectivity index (χ1v) is 7.59. The number of amides is 1. The van der Waals surface area contributed by atoms with E-state index in [-0.39, 0.29) is 12.5 Å². The smallest absolute Gasteiger partial charge is 0.277 e. The predicted octanol–water partition coefficient (Wildman–Crippen LogP) is 2.83. The predicted molar refractivity (Wildman–Crippen MR) is 93.4 cm³/mol. The summed E-state index contributed by atoms with van der Waals surface area (Å²) in [6, 6.07) is 14.8. The Hall–Kier alpha value is -2.09. The number of hydrogen-bond donors (Lipinski definition) is 1. The molecule has 0 spiro atoms. The van der Waals surface area contributed by atoms with Crippen molar-refractivity contribution in [3.05, 3.63) is 57.7 Å². The fraction of sp³-hybridized carbons (Fsp3) is 0.125. The summed E-state index contributed by atoms with van der Waals surface area (Å²) >= 11 is 2.23. The maximum absolute atomic E-state index is 11.6. The Morgan fingerprint density at radius 3 is 2.41 bits per heavy atom. The van der Waals surface area contributed by atoms with Gasteiger partial charge >= 0.3 is 0 Å². The molecule has 0 aliphatic heterocycles. The van der Waals surface area contributed by atoms with Crippen LogP contribution in [0.2, 0.25) is 0 Å². The number of methoxy groups -OCH3 is 1. The van der Waals surface area contributed by atoms with Crippen molar-refractivity contribution in [3.8, 4) is 11.5 Å². The molecule has 5 nitrogen and oxygen atoms in total. The number of carbonyl (C=O) groups excluding carboxylic acids is 1. The van der Waals surface area contributed by atoms with Crippen LogP contribution < -0.4 is 14.9 Å². The summed E-state index contributed by atoms with van der Waals surface area (Å²) in [6.45, 7) is -0.101. The van der Waals surface area contributed by atoms with Crippen LogP contribution in [-0.2, 0) is 4.79 Å². The van der Waals surface area contributed by atoms with Crippen LogP contribution in [0.25, 0.3) is 0 Å². The topological polar surface area (TPSA) is 59.9 Å². The van der Waals surface area contributed by atoms with Gasteiger partial charge in [-0.2, -0.15) is 5.10 Å². The summed E-state index contributed by atoms with van der Waals surface area (Å²) in [4.78, 5) is 11.6. The zero-order valence-electron chi connectivity index (χ0n) is 12.0. The van der Waals surface area contributed by atoms with Gasteiger partial charge in [0.1, 0.15) is 11.5 Å². The number of halogens is 1. The second kappa shape index (κ2) is 8.38. The van der Waals surface area contributed by atoms with Crippen LogP contribution in [0.15, 0.2) is 53.6 Å². The highest BCUT2D eigenvalue weighted by Gasteiger charge is 2.01. The summed E-state index contributed by atoms with van der Waals surface area (Å²) in [7, 11) is 1.59. The molecule has 1 N–H and O–H groups in total. The minimum absolute atomic E-state index is 0.101. The maximum Gasteiger partial charge on any atom is 0.277 e. The lowest BCUT2D eigenvalue weighted by Crippen LogP contribution is -2.24. The highest BCUT2D eigenvalue weighted by atomic mass is 127. The molecule has 114 valence electrons. The number of hydrogen-bond acceptors (Lipinski definition) is 4. The fourth-order valence-corrected chi connectivity index (χ4v) is 1.94. The minimum atomic E-state index is -0.322. The highest BCUT2D eigenvalue weighted by Crippen LogP contribution is 2.16. The monoisotopic (exact) mass is 410 g/mol. The van der Waals surface area contributed by atoms with Gasteiger partial charge in [-0.15, -0.1) is 0 Å². The van der Waals surface area contributed by atoms with E-state index in [4.69, 9.17) is 9.47 Å². The average Bonchev–Trinajstić information content (AvgIpc) is 2.55. The molecule has 0 atom stereocenters. The molecular formula is C16H15IN2O3. The lowest BCUT2D eigenvalue weighted by atomic mass is 10.2. The van der Waals surface area contributed by atoms with Crippen molar-refractivity contribution in [3.63, 3.8) is 0 Å². The molecule has 0 saturated heterocycles. The van der Waals surface area contributed by atoms with E-state index in [0.29, 0.717) is 5.75 Å². The van der Waals surface area contributed by atoms with Crippen LogP contribution in [-0.4, -0.2) is 25.8 Å². The summed E-state index contributed by atoms with van der Waals surface area (Å²) in [5.74, 6) is 1.01. The molecule has 2 aromatic rings. The zero-order valence-corrected chi connectivity index (χ0v) is 14.1. The Bertz CT molecular complexity index is 639. The Morgan fingerprint density at radius 1 is 1.14 bits per heavy atom. The minimum Gasteiger partial charge on any atom is -0.497 e. The first kappa shape index (κ1) is 16.3. The number of rotatable bonds is 6. The van der Waals surface area contributed by atoms with Crippen LogP contribution in [0.4, 0.5) is 0 Å². The van der Waals surface area contributed by atoms with Crippen molar-refractivity contribution in [2.24, 2.45) is 5.10 Å². The van der Waals surface area contributed by atoms with Crippen molar-refractivity contribution < 1.29 is 14.3 Å². The van der Waals surface area contributed by atoms with E-state index in [2.05, 4.69) is 33.1 Å². The summed E-state index contributed by atoms with van der Waals surface area (Å²) in [6.07, 6.45) is 1.58. The molecule has 22 heavy (non-hydrogen) atoms. The van der Waals surface area contributed by atoms with Gasteiger partial charge in [0.05, 0.1) is 13.3 Å². The summed E-state index contributed by atoms with van der Waals surface area (Å²) in [5.41, 5.74) is 3.33. The number of ether oxygens (including phenoxy) is 2. The molecule has 0 unspecified atom stereocenters. The van der Waals surface area contributed by atoms with Gasteiger partial charge in [-0.3, -0.25) is 4.79 Å². The van der Waals surface area contributed by atoms with Crippen molar-refractivity contribution in [2.75, 3.05) is 13.7 Å². The standard InChI is InChI=1S/C16H15IN2O3/c1-21-14-6-8-15(9-7-14)22-11-16(20)19-18-10-12-2-4-13(17)5-3-12/h2-10H,11H2,1H3,(H,19,20)/b18-10-. The van der Waals surface area contributed by atoms with E-state index in [1.54, 1.807) is 37.6 Å². The Labute approximate surface area is 142 Å². The van der Waals surface area contributed by atoms with Crippen LogP contribution in [0.5, 0.6) is 11.5 Å². The fourth-order valence-electron chi connectivity index (χ4n) is 1.58. The van der Waals surface area contributed by atoms with Gasteiger partial charge in [0, 0.05) is 3.57 Å². The quantitative estimate of drug-likeness (QED) is 0.453. The van der Waals surface area contributed by atoms with Crippen molar-refractivity contribution >= 4 is 34.7 Å². The molecule has 2 rings (SSSR count). The van der Waals surface area contributed by atoms with Gasteiger partial charge in [0.2, 0.25) is 0 Å². The van der Waals surface area contributed by atoms with Gasteiger partial charge in [-0.05, 0) is 64.6 Å². The molecule has 2 aromatic carbocycles. The first-order valence-electron chi connectivity index (χ1n) is 6.52. The Morgan fingerprint density at radius 2 is 1.77 bits per heavy atom. The number of nitrogens with zero attached hydrogens (tertiary/aromatic N) is 1. The van der Waals surface area contributed by atoms with Gasteiger partial charge < -0.3 is 9.47 Å². The van der Waals surface area contributed by atoms with E-state index in [0.717, 1.165) is 14.9 Å². The third kappa shape index (κ3) is 5.36. The van der Waals surface area contributed by atoms with Crippen LogP contribution in [0, 0.1) is 3.57 Å². The third-order valence-electron chi connectivity index (χ3n) is 2.70. The highest BCUT2D eigenvalue weighted by molar-refractivity contribution is 14.1. The molecule has 0 saturated carbocycles. The van der Waals surface area contributed by atoms with Crippen LogP contribution in [0.1, 0.15) is 5.56 Å². The second-order valence-electron chi connectivity index (χ2n) is 4.31. The SMILES string of the molecule is COc1ccc(OCC(=O)N/N=C\c2ccc(I)cc2)cc1. The van der Waals surface area contributed by atoms with E-state index in [1.807, 2.05) is 24.3 Å². The molecule has 0 aliphatic carbocycles. The van der Waals surface area contributed by atoms with Gasteiger partial charge in [0.15, 0.2) is 6.61 Å². The summed E-state index contributed by atoms with van der Waals surface area (Å²) < 4.78 is 11.5. The number of carbonyl (C=O) groups is 1. The van der Waals surface area contributed by atoms with E-state index in [1.165, 1.54) is 0 Å². The first-order chi connectivity index (χ1) is 10.7. The zero-order chi connectivity index (χ0) is 15.8. The molecule has 0 radical (unpaired) electrons. The van der Waals surface area contributed by atoms with Crippen LogP contribution >= 0.6 is 22.6 Å². The van der Waals surface area contributed by atoms with Gasteiger partial charge in [0.25, 0.3) is 5.91 Å². The third-order valence-corrected chi connectivity index (χ3v) is 3.42. The Kier molecular flexibility index (Phi) is 6.20. The van der Waals surface area contributed by atoms with E-state index < -0.39 is 0 Å². The molecule has 0 aliphatic rings. The molecule has 0 aromatic heterocycles. The number of benzene rings is 2. The van der Waals surface area contributed by atoms with Crippen LogP contribution in [0.3, 0.4) is 0 Å². The van der Waals surface area contributed by atoms with E-state index >= 15 is 0 Å². The van der Waals surface area contributed by atoms with Crippen molar-refractivity contribution in [2.45, 2.75) is 0 Å². The molecule has 0 bridgehead atoms. The lowest BCUT2D eigenvalue weighted by molar-refractivity contribution is -0.123.